The van der Waals surface area contributed by atoms with Gasteiger partial charge < -0.3 is 9.88 Å². The van der Waals surface area contributed by atoms with Crippen LogP contribution in [0.2, 0.25) is 0 Å². The molecule has 18 heavy (non-hydrogen) atoms. The molecule has 0 unspecified atom stereocenters. The van der Waals surface area contributed by atoms with Gasteiger partial charge in [-0.3, -0.25) is 0 Å². The number of fused-ring (bicyclic) bond motifs is 1. The first-order chi connectivity index (χ1) is 8.49. The number of benzene rings is 1. The van der Waals surface area contributed by atoms with Crippen molar-refractivity contribution in [3.63, 3.8) is 0 Å². The highest BCUT2D eigenvalue weighted by atomic mass is 14.9. The van der Waals surface area contributed by atoms with Gasteiger partial charge in [0.2, 0.25) is 0 Å². The molecule has 1 aromatic heterocycles. The van der Waals surface area contributed by atoms with E-state index in [0.29, 0.717) is 6.54 Å². The molecule has 0 amide bonds. The van der Waals surface area contributed by atoms with E-state index in [9.17, 15) is 0 Å². The van der Waals surface area contributed by atoms with Gasteiger partial charge in [0.15, 0.2) is 0 Å². The third-order valence-electron chi connectivity index (χ3n) is 2.92. The summed E-state index contributed by atoms with van der Waals surface area (Å²) in [5.41, 5.74) is 2.65. The Morgan fingerprint density at radius 1 is 1.28 bits per heavy atom. The second kappa shape index (κ2) is 4.88. The van der Waals surface area contributed by atoms with Crippen LogP contribution in [0.25, 0.3) is 10.9 Å². The first-order valence-corrected chi connectivity index (χ1v) is 6.26. The molecule has 1 N–H and O–H groups in total. The van der Waals surface area contributed by atoms with Gasteiger partial charge in [0.1, 0.15) is 0 Å². The van der Waals surface area contributed by atoms with Crippen LogP contribution >= 0.6 is 0 Å². The highest BCUT2D eigenvalue weighted by Crippen LogP contribution is 2.18. The fraction of sp³-hybridized carbons (Fsp3) is 0.375. The maximum absolute atomic E-state index is 5.36. The van der Waals surface area contributed by atoms with E-state index in [1.807, 2.05) is 6.20 Å². The second-order valence-corrected chi connectivity index (χ2v) is 5.64. The topological polar surface area (TPSA) is 17.0 Å². The molecule has 0 saturated heterocycles. The monoisotopic (exact) mass is 240 g/mol. The van der Waals surface area contributed by atoms with Gasteiger partial charge in [-0.15, -0.1) is 6.42 Å². The molecule has 0 radical (unpaired) electrons. The molecule has 94 valence electrons. The molecule has 0 bridgehead atoms. The van der Waals surface area contributed by atoms with Crippen LogP contribution in [0.4, 0.5) is 0 Å². The van der Waals surface area contributed by atoms with E-state index in [0.717, 1.165) is 6.54 Å². The fourth-order valence-electron chi connectivity index (χ4n) is 1.96. The average molecular weight is 240 g/mol. The standard InChI is InChI=1S/C16H20N2/c1-5-9-18-10-8-14-11-13(6-7-15(14)18)12-17-16(2,3)4/h1,6-8,10-11,17H,9,12H2,2-4H3. The predicted octanol–water partition coefficient (Wildman–Crippen LogP) is 3.16. The predicted molar refractivity (Wildman–Crippen MR) is 77.4 cm³/mol. The van der Waals surface area contributed by atoms with Crippen LogP contribution in [0.5, 0.6) is 0 Å². The molecule has 2 heteroatoms. The summed E-state index contributed by atoms with van der Waals surface area (Å²) >= 11 is 0. The Labute approximate surface area is 109 Å². The van der Waals surface area contributed by atoms with Gasteiger partial charge in [0.25, 0.3) is 0 Å². The first-order valence-electron chi connectivity index (χ1n) is 6.26. The van der Waals surface area contributed by atoms with Gasteiger partial charge in [-0.25, -0.2) is 0 Å². The molecule has 0 aliphatic carbocycles. The van der Waals surface area contributed by atoms with Crippen molar-refractivity contribution < 1.29 is 0 Å². The van der Waals surface area contributed by atoms with E-state index in [-0.39, 0.29) is 5.54 Å². The molecule has 0 atom stereocenters. The smallest absolute Gasteiger partial charge is 0.0834 e. The number of aromatic nitrogens is 1. The maximum atomic E-state index is 5.36. The quantitative estimate of drug-likeness (QED) is 0.815. The fourth-order valence-corrected chi connectivity index (χ4v) is 1.96. The summed E-state index contributed by atoms with van der Waals surface area (Å²) in [4.78, 5) is 0. The van der Waals surface area contributed by atoms with Crippen molar-refractivity contribution in [1.29, 1.82) is 0 Å². The van der Waals surface area contributed by atoms with E-state index >= 15 is 0 Å². The summed E-state index contributed by atoms with van der Waals surface area (Å²) in [6.07, 6.45) is 7.40. The van der Waals surface area contributed by atoms with Crippen LogP contribution in [-0.2, 0) is 13.1 Å². The Morgan fingerprint density at radius 3 is 2.72 bits per heavy atom. The minimum atomic E-state index is 0.143. The Balaban J connectivity index is 2.21. The number of hydrogen-bond acceptors (Lipinski definition) is 1. The number of nitrogens with zero attached hydrogens (tertiary/aromatic N) is 1. The third-order valence-corrected chi connectivity index (χ3v) is 2.92. The molecule has 0 aliphatic rings. The molecule has 2 rings (SSSR count). The number of rotatable bonds is 3. The molecular weight excluding hydrogens is 220 g/mol. The molecule has 1 aromatic carbocycles. The van der Waals surface area contributed by atoms with Crippen molar-refractivity contribution >= 4 is 10.9 Å². The lowest BCUT2D eigenvalue weighted by Crippen LogP contribution is -2.35. The normalized spacial score (nSPS) is 11.7. The van der Waals surface area contributed by atoms with Crippen LogP contribution in [0.1, 0.15) is 26.3 Å². The number of hydrogen-bond donors (Lipinski definition) is 1. The summed E-state index contributed by atoms with van der Waals surface area (Å²) in [6.45, 7) is 8.04. The van der Waals surface area contributed by atoms with E-state index < -0.39 is 0 Å². The van der Waals surface area contributed by atoms with E-state index in [1.54, 1.807) is 0 Å². The first kappa shape index (κ1) is 12.7. The summed E-state index contributed by atoms with van der Waals surface area (Å²) in [6, 6.07) is 8.65. The minimum absolute atomic E-state index is 0.143. The molecule has 1 heterocycles. The summed E-state index contributed by atoms with van der Waals surface area (Å²) in [5.74, 6) is 2.67. The van der Waals surface area contributed by atoms with Gasteiger partial charge in [-0.2, -0.15) is 0 Å². The Hall–Kier alpha value is -1.72. The largest absolute Gasteiger partial charge is 0.336 e. The van der Waals surface area contributed by atoms with Gasteiger partial charge in [-0.1, -0.05) is 12.0 Å². The van der Waals surface area contributed by atoms with Gasteiger partial charge in [0, 0.05) is 23.8 Å². The number of terminal acetylenes is 1. The minimum Gasteiger partial charge on any atom is -0.336 e. The van der Waals surface area contributed by atoms with Crippen LogP contribution in [0.15, 0.2) is 30.5 Å². The van der Waals surface area contributed by atoms with Crippen LogP contribution in [0.3, 0.4) is 0 Å². The summed E-state index contributed by atoms with van der Waals surface area (Å²) in [7, 11) is 0. The second-order valence-electron chi connectivity index (χ2n) is 5.64. The van der Waals surface area contributed by atoms with Crippen molar-refractivity contribution in [2.45, 2.75) is 39.4 Å². The maximum Gasteiger partial charge on any atom is 0.0834 e. The summed E-state index contributed by atoms with van der Waals surface area (Å²) in [5, 5.41) is 4.74. The SMILES string of the molecule is C#CCn1ccc2cc(CNC(C)(C)C)ccc21. The average Bonchev–Trinajstić information content (AvgIpc) is 2.69. The Bertz CT molecular complexity index is 579. The Morgan fingerprint density at radius 2 is 2.06 bits per heavy atom. The molecule has 0 spiro atoms. The van der Waals surface area contributed by atoms with E-state index in [4.69, 9.17) is 6.42 Å². The van der Waals surface area contributed by atoms with Crippen molar-refractivity contribution in [3.8, 4) is 12.3 Å². The highest BCUT2D eigenvalue weighted by Gasteiger charge is 2.08. The van der Waals surface area contributed by atoms with Crippen molar-refractivity contribution in [2.75, 3.05) is 0 Å². The molecule has 0 fully saturated rings. The van der Waals surface area contributed by atoms with Crippen LogP contribution in [-0.4, -0.2) is 10.1 Å². The van der Waals surface area contributed by atoms with Crippen molar-refractivity contribution in [3.05, 3.63) is 36.0 Å². The van der Waals surface area contributed by atoms with Gasteiger partial charge in [-0.05, 0) is 49.9 Å². The molecule has 2 nitrogen and oxygen atoms in total. The summed E-state index contributed by atoms with van der Waals surface area (Å²) < 4.78 is 2.09. The Kier molecular flexibility index (Phi) is 3.45. The van der Waals surface area contributed by atoms with Gasteiger partial charge in [0.05, 0.1) is 6.54 Å². The van der Waals surface area contributed by atoms with Crippen LogP contribution < -0.4 is 5.32 Å². The lowest BCUT2D eigenvalue weighted by molar-refractivity contribution is 0.424. The zero-order chi connectivity index (χ0) is 13.2. The lowest BCUT2D eigenvalue weighted by Gasteiger charge is -2.20. The molecule has 0 saturated carbocycles. The van der Waals surface area contributed by atoms with Gasteiger partial charge >= 0.3 is 0 Å². The third kappa shape index (κ3) is 2.94. The highest BCUT2D eigenvalue weighted by molar-refractivity contribution is 5.81. The molecule has 0 aliphatic heterocycles. The number of nitrogens with one attached hydrogen (secondary N) is 1. The van der Waals surface area contributed by atoms with E-state index in [2.05, 4.69) is 60.8 Å². The van der Waals surface area contributed by atoms with Crippen molar-refractivity contribution in [1.82, 2.24) is 9.88 Å². The zero-order valence-electron chi connectivity index (χ0n) is 11.3. The molecule has 2 aromatic rings. The molecular formula is C16H20N2. The van der Waals surface area contributed by atoms with Crippen molar-refractivity contribution in [2.24, 2.45) is 0 Å². The van der Waals surface area contributed by atoms with Crippen LogP contribution in [0, 0.1) is 12.3 Å². The zero-order valence-corrected chi connectivity index (χ0v) is 11.3. The van der Waals surface area contributed by atoms with E-state index in [1.165, 1.54) is 16.5 Å². The lowest BCUT2D eigenvalue weighted by atomic mass is 10.1.